The minimum absolute atomic E-state index is 0.0129. The molecular weight excluding hydrogens is 284 g/mol. The minimum Gasteiger partial charge on any atom is -0.316 e. The highest BCUT2D eigenvalue weighted by Crippen LogP contribution is 2.30. The van der Waals surface area contributed by atoms with Crippen LogP contribution in [0.1, 0.15) is 24.0 Å². The largest absolute Gasteiger partial charge is 0.316 e. The minimum atomic E-state index is -3.35. The number of hydrogen-bond donors (Lipinski definition) is 1. The van der Waals surface area contributed by atoms with E-state index in [9.17, 15) is 8.42 Å². The summed E-state index contributed by atoms with van der Waals surface area (Å²) in [5.74, 6) is 2.96. The van der Waals surface area contributed by atoms with Crippen molar-refractivity contribution in [2.24, 2.45) is 5.92 Å². The van der Waals surface area contributed by atoms with Crippen LogP contribution in [0.2, 0.25) is 0 Å². The van der Waals surface area contributed by atoms with Crippen LogP contribution in [0.4, 0.5) is 0 Å². The van der Waals surface area contributed by atoms with E-state index < -0.39 is 10.0 Å². The second kappa shape index (κ2) is 7.08. The molecule has 1 N–H and O–H groups in total. The van der Waals surface area contributed by atoms with Crippen molar-refractivity contribution in [1.29, 1.82) is 0 Å². The van der Waals surface area contributed by atoms with Gasteiger partial charge in [-0.1, -0.05) is 30.2 Å². The fourth-order valence-electron chi connectivity index (χ4n) is 2.30. The molecule has 5 heteroatoms. The highest BCUT2D eigenvalue weighted by molar-refractivity contribution is 7.88. The average molecular weight is 306 g/mol. The zero-order valence-corrected chi connectivity index (χ0v) is 13.2. The van der Waals surface area contributed by atoms with E-state index in [-0.39, 0.29) is 12.3 Å². The van der Waals surface area contributed by atoms with E-state index in [2.05, 4.69) is 11.2 Å². The second-order valence-electron chi connectivity index (χ2n) is 5.55. The van der Waals surface area contributed by atoms with Crippen molar-refractivity contribution < 1.29 is 8.42 Å². The van der Waals surface area contributed by atoms with Crippen molar-refractivity contribution >= 4 is 10.0 Å². The van der Waals surface area contributed by atoms with Gasteiger partial charge in [-0.05, 0) is 36.9 Å². The lowest BCUT2D eigenvalue weighted by Gasteiger charge is -2.20. The standard InChI is InChI=1S/C16H22N2O2S/c1-3-9-18(12-14-7-8-14)21(19,20)13-16-6-4-5-15(10-16)11-17-2/h1,4-6,10,14,17H,7-9,11-13H2,2H3. The second-order valence-corrected chi connectivity index (χ2v) is 7.52. The zero-order chi connectivity index (χ0) is 15.3. The van der Waals surface area contributed by atoms with Crippen molar-refractivity contribution in [3.05, 3.63) is 35.4 Å². The van der Waals surface area contributed by atoms with Gasteiger partial charge in [0.25, 0.3) is 0 Å². The third-order valence-electron chi connectivity index (χ3n) is 3.54. The molecule has 0 amide bonds. The van der Waals surface area contributed by atoms with E-state index in [0.29, 0.717) is 12.5 Å². The third-order valence-corrected chi connectivity index (χ3v) is 5.30. The predicted octanol–water partition coefficient (Wildman–Crippen LogP) is 1.58. The number of sulfonamides is 1. The molecule has 1 fully saturated rings. The lowest BCUT2D eigenvalue weighted by Crippen LogP contribution is -2.34. The summed E-state index contributed by atoms with van der Waals surface area (Å²) in [5, 5.41) is 3.07. The molecule has 1 aromatic rings. The van der Waals surface area contributed by atoms with Crippen LogP contribution in [0, 0.1) is 18.3 Å². The maximum absolute atomic E-state index is 12.5. The predicted molar refractivity (Wildman–Crippen MR) is 85.0 cm³/mol. The molecule has 0 unspecified atom stereocenters. The molecule has 0 heterocycles. The summed E-state index contributed by atoms with van der Waals surface area (Å²) < 4.78 is 26.5. The summed E-state index contributed by atoms with van der Waals surface area (Å²) in [7, 11) is -1.49. The Morgan fingerprint density at radius 2 is 2.10 bits per heavy atom. The maximum Gasteiger partial charge on any atom is 0.219 e. The SMILES string of the molecule is C#CCN(CC1CC1)S(=O)(=O)Cc1cccc(CNC)c1. The lowest BCUT2D eigenvalue weighted by atomic mass is 10.1. The van der Waals surface area contributed by atoms with Crippen LogP contribution in [-0.2, 0) is 22.3 Å². The van der Waals surface area contributed by atoms with Crippen LogP contribution >= 0.6 is 0 Å². The Morgan fingerprint density at radius 3 is 2.71 bits per heavy atom. The molecule has 114 valence electrons. The molecule has 0 saturated heterocycles. The van der Waals surface area contributed by atoms with Crippen LogP contribution in [0.15, 0.2) is 24.3 Å². The Labute approximate surface area is 127 Å². The molecule has 4 nitrogen and oxygen atoms in total. The maximum atomic E-state index is 12.5. The highest BCUT2D eigenvalue weighted by atomic mass is 32.2. The van der Waals surface area contributed by atoms with Gasteiger partial charge in [-0.25, -0.2) is 8.42 Å². The Hall–Kier alpha value is -1.35. The van der Waals surface area contributed by atoms with Crippen molar-refractivity contribution in [3.63, 3.8) is 0 Å². The number of hydrogen-bond acceptors (Lipinski definition) is 3. The Bertz CT molecular complexity index is 615. The first-order chi connectivity index (χ1) is 10.0. The summed E-state index contributed by atoms with van der Waals surface area (Å²) in [4.78, 5) is 0. The molecular formula is C16H22N2O2S. The molecule has 0 atom stereocenters. The van der Waals surface area contributed by atoms with Crippen LogP contribution in [0.3, 0.4) is 0 Å². The van der Waals surface area contributed by atoms with Crippen molar-refractivity contribution in [1.82, 2.24) is 9.62 Å². The van der Waals surface area contributed by atoms with Gasteiger partial charge < -0.3 is 5.32 Å². The fraction of sp³-hybridized carbons (Fsp3) is 0.500. The van der Waals surface area contributed by atoms with Gasteiger partial charge in [-0.2, -0.15) is 4.31 Å². The molecule has 0 spiro atoms. The van der Waals surface area contributed by atoms with E-state index in [4.69, 9.17) is 6.42 Å². The smallest absolute Gasteiger partial charge is 0.219 e. The first kappa shape index (κ1) is 16.0. The van der Waals surface area contributed by atoms with Gasteiger partial charge in [0.1, 0.15) is 0 Å². The highest BCUT2D eigenvalue weighted by Gasteiger charge is 2.30. The first-order valence-corrected chi connectivity index (χ1v) is 8.80. The van der Waals surface area contributed by atoms with Gasteiger partial charge in [-0.3, -0.25) is 0 Å². The van der Waals surface area contributed by atoms with E-state index in [1.807, 2.05) is 31.3 Å². The van der Waals surface area contributed by atoms with Gasteiger partial charge in [0.15, 0.2) is 0 Å². The van der Waals surface area contributed by atoms with Crippen LogP contribution < -0.4 is 5.32 Å². The normalized spacial score (nSPS) is 15.1. The Kier molecular flexibility index (Phi) is 5.40. The van der Waals surface area contributed by atoms with Crippen LogP contribution in [-0.4, -0.2) is 32.9 Å². The van der Waals surface area contributed by atoms with Gasteiger partial charge in [0.2, 0.25) is 10.0 Å². The molecule has 1 aliphatic rings. The molecule has 0 bridgehead atoms. The molecule has 2 rings (SSSR count). The quantitative estimate of drug-likeness (QED) is 0.742. The molecule has 0 aromatic heterocycles. The summed E-state index contributed by atoms with van der Waals surface area (Å²) in [6, 6.07) is 7.65. The number of rotatable bonds is 8. The van der Waals surface area contributed by atoms with Crippen LogP contribution in [0.5, 0.6) is 0 Å². The summed E-state index contributed by atoms with van der Waals surface area (Å²) in [6.07, 6.45) is 7.53. The van der Waals surface area contributed by atoms with E-state index >= 15 is 0 Å². The topological polar surface area (TPSA) is 49.4 Å². The fourth-order valence-corrected chi connectivity index (χ4v) is 3.79. The van der Waals surface area contributed by atoms with Crippen LogP contribution in [0.25, 0.3) is 0 Å². The van der Waals surface area contributed by atoms with E-state index in [1.165, 1.54) is 4.31 Å². The molecule has 21 heavy (non-hydrogen) atoms. The third kappa shape index (κ3) is 4.85. The van der Waals surface area contributed by atoms with E-state index in [1.54, 1.807) is 0 Å². The Balaban J connectivity index is 2.10. The van der Waals surface area contributed by atoms with Crippen molar-refractivity contribution in [3.8, 4) is 12.3 Å². The zero-order valence-electron chi connectivity index (χ0n) is 12.4. The van der Waals surface area contributed by atoms with Gasteiger partial charge >= 0.3 is 0 Å². The summed E-state index contributed by atoms with van der Waals surface area (Å²) in [5.41, 5.74) is 1.89. The average Bonchev–Trinajstić information content (AvgIpc) is 3.22. The van der Waals surface area contributed by atoms with Crippen molar-refractivity contribution in [2.75, 3.05) is 20.1 Å². The van der Waals surface area contributed by atoms with E-state index in [0.717, 1.165) is 30.5 Å². The molecule has 1 aliphatic carbocycles. The summed E-state index contributed by atoms with van der Waals surface area (Å²) >= 11 is 0. The molecule has 1 saturated carbocycles. The monoisotopic (exact) mass is 306 g/mol. The van der Waals surface area contributed by atoms with Gasteiger partial charge in [0.05, 0.1) is 12.3 Å². The number of nitrogens with zero attached hydrogens (tertiary/aromatic N) is 1. The van der Waals surface area contributed by atoms with Gasteiger partial charge in [0, 0.05) is 13.1 Å². The molecule has 0 aliphatic heterocycles. The molecule has 1 aromatic carbocycles. The number of benzene rings is 1. The van der Waals surface area contributed by atoms with Gasteiger partial charge in [-0.15, -0.1) is 6.42 Å². The first-order valence-electron chi connectivity index (χ1n) is 7.19. The van der Waals surface area contributed by atoms with Crippen molar-refractivity contribution in [2.45, 2.75) is 25.1 Å². The lowest BCUT2D eigenvalue weighted by molar-refractivity contribution is 0.429. The molecule has 0 radical (unpaired) electrons. The number of terminal acetylenes is 1. The Morgan fingerprint density at radius 1 is 1.38 bits per heavy atom. The summed E-state index contributed by atoms with van der Waals surface area (Å²) in [6.45, 7) is 1.45. The number of nitrogens with one attached hydrogen (secondary N) is 1.